The van der Waals surface area contributed by atoms with Gasteiger partial charge in [0.15, 0.2) is 0 Å². The van der Waals surface area contributed by atoms with Crippen LogP contribution in [0.2, 0.25) is 0 Å². The van der Waals surface area contributed by atoms with E-state index in [4.69, 9.17) is 10.8 Å². The zero-order valence-electron chi connectivity index (χ0n) is 8.44. The molecule has 0 aliphatic carbocycles. The molecule has 0 unspecified atom stereocenters. The summed E-state index contributed by atoms with van der Waals surface area (Å²) in [6, 6.07) is 3.57. The highest BCUT2D eigenvalue weighted by molar-refractivity contribution is 5.66. The first-order valence-electron chi connectivity index (χ1n) is 4.85. The standard InChI is InChI=1S/C10H15N3O2/c11-8-4-5-9(13-7-8)12-6-2-1-3-10(14)15/h4-5,7H,1-3,6,11H2,(H,12,13)(H,14,15). The van der Waals surface area contributed by atoms with Gasteiger partial charge in [-0.1, -0.05) is 0 Å². The topological polar surface area (TPSA) is 88.2 Å². The third-order valence-corrected chi connectivity index (χ3v) is 1.91. The SMILES string of the molecule is Nc1ccc(NCCCCC(=O)O)nc1. The van der Waals surface area contributed by atoms with E-state index in [2.05, 4.69) is 10.3 Å². The monoisotopic (exact) mass is 209 g/mol. The summed E-state index contributed by atoms with van der Waals surface area (Å²) in [5.74, 6) is 0.0140. The second kappa shape index (κ2) is 5.85. The zero-order chi connectivity index (χ0) is 11.1. The van der Waals surface area contributed by atoms with Crippen LogP contribution in [0.4, 0.5) is 11.5 Å². The minimum absolute atomic E-state index is 0.219. The molecule has 0 amide bonds. The number of aliphatic carboxylic acids is 1. The molecule has 1 heterocycles. The van der Waals surface area contributed by atoms with E-state index in [9.17, 15) is 4.79 Å². The molecule has 0 atom stereocenters. The van der Waals surface area contributed by atoms with Crippen LogP contribution >= 0.6 is 0 Å². The number of carboxylic acid groups (broad SMARTS) is 1. The molecular weight excluding hydrogens is 194 g/mol. The van der Waals surface area contributed by atoms with Crippen LogP contribution in [-0.2, 0) is 4.79 Å². The Bertz CT molecular complexity index is 311. The smallest absolute Gasteiger partial charge is 0.303 e. The number of rotatable bonds is 6. The molecule has 82 valence electrons. The maximum Gasteiger partial charge on any atom is 0.303 e. The Morgan fingerprint density at radius 3 is 2.87 bits per heavy atom. The lowest BCUT2D eigenvalue weighted by Gasteiger charge is -2.04. The van der Waals surface area contributed by atoms with Crippen LogP contribution < -0.4 is 11.1 Å². The fourth-order valence-corrected chi connectivity index (χ4v) is 1.13. The molecule has 0 fully saturated rings. The van der Waals surface area contributed by atoms with E-state index < -0.39 is 5.97 Å². The Labute approximate surface area is 88.3 Å². The number of carboxylic acids is 1. The molecule has 0 aromatic carbocycles. The lowest BCUT2D eigenvalue weighted by atomic mass is 10.2. The van der Waals surface area contributed by atoms with Crippen molar-refractivity contribution in [2.24, 2.45) is 0 Å². The molecule has 4 N–H and O–H groups in total. The fourth-order valence-electron chi connectivity index (χ4n) is 1.13. The van der Waals surface area contributed by atoms with E-state index in [-0.39, 0.29) is 6.42 Å². The Hall–Kier alpha value is -1.78. The van der Waals surface area contributed by atoms with Crippen molar-refractivity contribution >= 4 is 17.5 Å². The van der Waals surface area contributed by atoms with Gasteiger partial charge < -0.3 is 16.2 Å². The number of unbranched alkanes of at least 4 members (excludes halogenated alkanes) is 1. The van der Waals surface area contributed by atoms with Crippen LogP contribution in [0, 0.1) is 0 Å². The molecule has 0 saturated carbocycles. The molecule has 0 spiro atoms. The van der Waals surface area contributed by atoms with Gasteiger partial charge >= 0.3 is 5.97 Å². The molecule has 1 rings (SSSR count). The molecule has 0 radical (unpaired) electrons. The number of carbonyl (C=O) groups is 1. The number of aromatic nitrogens is 1. The van der Waals surface area contributed by atoms with Crippen molar-refractivity contribution in [2.45, 2.75) is 19.3 Å². The second-order valence-corrected chi connectivity index (χ2v) is 3.25. The second-order valence-electron chi connectivity index (χ2n) is 3.25. The number of nitrogens with zero attached hydrogens (tertiary/aromatic N) is 1. The quantitative estimate of drug-likeness (QED) is 0.615. The molecule has 15 heavy (non-hydrogen) atoms. The summed E-state index contributed by atoms with van der Waals surface area (Å²) in [6.07, 6.45) is 3.30. The van der Waals surface area contributed by atoms with Crippen molar-refractivity contribution in [2.75, 3.05) is 17.6 Å². The van der Waals surface area contributed by atoms with Crippen molar-refractivity contribution < 1.29 is 9.90 Å². The summed E-state index contributed by atoms with van der Waals surface area (Å²) >= 11 is 0. The van der Waals surface area contributed by atoms with E-state index in [1.54, 1.807) is 18.3 Å². The molecule has 0 aliphatic heterocycles. The van der Waals surface area contributed by atoms with Crippen LogP contribution in [0.25, 0.3) is 0 Å². The molecule has 0 aliphatic rings. The average molecular weight is 209 g/mol. The Morgan fingerprint density at radius 1 is 1.47 bits per heavy atom. The van der Waals surface area contributed by atoms with Gasteiger partial charge in [-0.3, -0.25) is 4.79 Å². The average Bonchev–Trinajstić information content (AvgIpc) is 2.20. The van der Waals surface area contributed by atoms with Gasteiger partial charge in [0.25, 0.3) is 0 Å². The van der Waals surface area contributed by atoms with Gasteiger partial charge in [-0.2, -0.15) is 0 Å². The highest BCUT2D eigenvalue weighted by Gasteiger charge is 1.96. The summed E-state index contributed by atoms with van der Waals surface area (Å²) in [4.78, 5) is 14.3. The predicted octanol–water partition coefficient (Wildman–Crippen LogP) is 1.33. The number of anilines is 2. The lowest BCUT2D eigenvalue weighted by molar-refractivity contribution is -0.137. The summed E-state index contributed by atoms with van der Waals surface area (Å²) < 4.78 is 0. The predicted molar refractivity (Wildman–Crippen MR) is 58.6 cm³/mol. The summed E-state index contributed by atoms with van der Waals surface area (Å²) in [5, 5.41) is 11.5. The summed E-state index contributed by atoms with van der Waals surface area (Å²) in [5.41, 5.74) is 6.11. The zero-order valence-corrected chi connectivity index (χ0v) is 8.44. The van der Waals surface area contributed by atoms with Gasteiger partial charge in [-0.15, -0.1) is 0 Å². The number of hydrogen-bond donors (Lipinski definition) is 3. The summed E-state index contributed by atoms with van der Waals surface area (Å²) in [7, 11) is 0. The van der Waals surface area contributed by atoms with Crippen LogP contribution in [0.3, 0.4) is 0 Å². The van der Waals surface area contributed by atoms with Crippen molar-refractivity contribution in [1.82, 2.24) is 4.98 Å². The van der Waals surface area contributed by atoms with Gasteiger partial charge in [-0.05, 0) is 25.0 Å². The minimum atomic E-state index is -0.749. The number of hydrogen-bond acceptors (Lipinski definition) is 4. The van der Waals surface area contributed by atoms with E-state index >= 15 is 0 Å². The van der Waals surface area contributed by atoms with Crippen LogP contribution in [0.5, 0.6) is 0 Å². The first-order chi connectivity index (χ1) is 7.18. The molecule has 5 nitrogen and oxygen atoms in total. The van der Waals surface area contributed by atoms with Gasteiger partial charge in [-0.25, -0.2) is 4.98 Å². The lowest BCUT2D eigenvalue weighted by Crippen LogP contribution is -2.04. The van der Waals surface area contributed by atoms with E-state index in [0.29, 0.717) is 12.1 Å². The van der Waals surface area contributed by atoms with Gasteiger partial charge in [0.05, 0.1) is 11.9 Å². The molecular formula is C10H15N3O2. The van der Waals surface area contributed by atoms with Crippen LogP contribution in [-0.4, -0.2) is 22.6 Å². The normalized spacial score (nSPS) is 9.87. The highest BCUT2D eigenvalue weighted by Crippen LogP contribution is 2.06. The maximum atomic E-state index is 10.2. The fraction of sp³-hybridized carbons (Fsp3) is 0.400. The molecule has 0 saturated heterocycles. The number of nitrogens with one attached hydrogen (secondary N) is 1. The van der Waals surface area contributed by atoms with E-state index in [1.165, 1.54) is 0 Å². The molecule has 1 aromatic rings. The Kier molecular flexibility index (Phi) is 4.40. The van der Waals surface area contributed by atoms with Crippen molar-refractivity contribution in [3.63, 3.8) is 0 Å². The van der Waals surface area contributed by atoms with E-state index in [0.717, 1.165) is 18.8 Å². The third kappa shape index (κ3) is 4.85. The first-order valence-corrected chi connectivity index (χ1v) is 4.85. The van der Waals surface area contributed by atoms with Crippen LogP contribution in [0.1, 0.15) is 19.3 Å². The third-order valence-electron chi connectivity index (χ3n) is 1.91. The number of nitrogen functional groups attached to an aromatic ring is 1. The largest absolute Gasteiger partial charge is 0.481 e. The van der Waals surface area contributed by atoms with Crippen molar-refractivity contribution in [3.05, 3.63) is 18.3 Å². The number of nitrogens with two attached hydrogens (primary N) is 1. The maximum absolute atomic E-state index is 10.2. The molecule has 5 heteroatoms. The van der Waals surface area contributed by atoms with Crippen molar-refractivity contribution in [3.8, 4) is 0 Å². The number of pyridine rings is 1. The van der Waals surface area contributed by atoms with Gasteiger partial charge in [0.2, 0.25) is 0 Å². The highest BCUT2D eigenvalue weighted by atomic mass is 16.4. The van der Waals surface area contributed by atoms with Gasteiger partial charge in [0.1, 0.15) is 5.82 Å². The Balaban J connectivity index is 2.15. The van der Waals surface area contributed by atoms with Crippen LogP contribution in [0.15, 0.2) is 18.3 Å². The Morgan fingerprint density at radius 2 is 2.27 bits per heavy atom. The first kappa shape index (κ1) is 11.3. The minimum Gasteiger partial charge on any atom is -0.481 e. The van der Waals surface area contributed by atoms with E-state index in [1.807, 2.05) is 0 Å². The molecule has 0 bridgehead atoms. The van der Waals surface area contributed by atoms with Gasteiger partial charge in [0, 0.05) is 13.0 Å². The molecule has 1 aromatic heterocycles. The van der Waals surface area contributed by atoms with Crippen molar-refractivity contribution in [1.29, 1.82) is 0 Å². The summed E-state index contributed by atoms with van der Waals surface area (Å²) in [6.45, 7) is 0.726.